The summed E-state index contributed by atoms with van der Waals surface area (Å²) in [6, 6.07) is 0. The molecule has 37 heavy (non-hydrogen) atoms. The molecule has 5 aliphatic rings. The van der Waals surface area contributed by atoms with Crippen LogP contribution in [0.4, 0.5) is 0 Å². The molecule has 0 saturated heterocycles. The summed E-state index contributed by atoms with van der Waals surface area (Å²) >= 11 is 0. The average molecular weight is 510 g/mol. The van der Waals surface area contributed by atoms with Crippen molar-refractivity contribution in [3.63, 3.8) is 0 Å². The Morgan fingerprint density at radius 1 is 1.00 bits per heavy atom. The van der Waals surface area contributed by atoms with Crippen LogP contribution in [-0.4, -0.2) is 29.5 Å². The molecule has 4 fully saturated rings. The van der Waals surface area contributed by atoms with Gasteiger partial charge >= 0.3 is 5.97 Å². The van der Waals surface area contributed by atoms with Gasteiger partial charge in [0.05, 0.1) is 0 Å². The lowest BCUT2D eigenvalue weighted by molar-refractivity contribution is -0.196. The molecule has 0 aromatic heterocycles. The molecular formula is C32H47NO4. The van der Waals surface area contributed by atoms with Crippen LogP contribution in [0.25, 0.3) is 0 Å². The van der Waals surface area contributed by atoms with E-state index in [0.29, 0.717) is 24.2 Å². The zero-order valence-corrected chi connectivity index (χ0v) is 24.3. The van der Waals surface area contributed by atoms with Crippen LogP contribution in [0.2, 0.25) is 0 Å². The quantitative estimate of drug-likeness (QED) is 0.232. The van der Waals surface area contributed by atoms with Gasteiger partial charge in [-0.25, -0.2) is 4.79 Å². The molecule has 204 valence electrons. The predicted molar refractivity (Wildman–Crippen MR) is 143 cm³/mol. The smallest absolute Gasteiger partial charge is 0.302 e. The van der Waals surface area contributed by atoms with Crippen molar-refractivity contribution in [3.05, 3.63) is 11.6 Å². The molecule has 5 nitrogen and oxygen atoms in total. The molecule has 5 aliphatic carbocycles. The fourth-order valence-electron chi connectivity index (χ4n) is 10.9. The largest absolute Gasteiger partial charge is 0.460 e. The van der Waals surface area contributed by atoms with Crippen LogP contribution in [0.3, 0.4) is 0 Å². The number of rotatable bonds is 2. The monoisotopic (exact) mass is 509 g/mol. The van der Waals surface area contributed by atoms with E-state index in [1.807, 2.05) is 13.0 Å². The predicted octanol–water partition coefficient (Wildman–Crippen LogP) is 6.84. The first-order chi connectivity index (χ1) is 17.2. The SMILES string of the molecule is CC(=O)O[C@@H]1CC[C@@]2(C)C(CC[C@]3(C)C2C(=O)C=C2C4[C@@H](C)[C@H](C)CC[C@]4(C)CC[C@]23C)[C@@]1(C)N=C=O. The highest BCUT2D eigenvalue weighted by Gasteiger charge is 2.71. The average Bonchev–Trinajstić information content (AvgIpc) is 2.80. The van der Waals surface area contributed by atoms with Crippen LogP contribution in [0.1, 0.15) is 107 Å². The molecule has 0 radical (unpaired) electrons. The van der Waals surface area contributed by atoms with Gasteiger partial charge in [-0.1, -0.05) is 47.1 Å². The van der Waals surface area contributed by atoms with Gasteiger partial charge in [0.25, 0.3) is 0 Å². The Labute approximate surface area is 223 Å². The van der Waals surface area contributed by atoms with E-state index in [9.17, 15) is 14.4 Å². The number of hydrogen-bond acceptors (Lipinski definition) is 5. The van der Waals surface area contributed by atoms with E-state index in [2.05, 4.69) is 52.6 Å². The standard InChI is InChI=1S/C32H47NO4/c1-19-9-12-28(4)15-16-30(6)22(26(28)20(19)2)17-23(36)27-29(5)13-11-25(37-21(3)35)32(8,33-18-34)24(29)10-14-31(27,30)7/h17,19-20,24-27H,9-16H2,1-8H3/t19-,20+,24?,25-,26?,27?,28-,29+,30-,31-,32-/m1/s1. The van der Waals surface area contributed by atoms with Gasteiger partial charge in [0.1, 0.15) is 11.6 Å². The molecule has 0 aromatic rings. The van der Waals surface area contributed by atoms with Crippen LogP contribution < -0.4 is 0 Å². The molecule has 11 atom stereocenters. The van der Waals surface area contributed by atoms with Crippen LogP contribution in [-0.2, 0) is 19.1 Å². The maximum Gasteiger partial charge on any atom is 0.302 e. The van der Waals surface area contributed by atoms with Gasteiger partial charge < -0.3 is 4.74 Å². The summed E-state index contributed by atoms with van der Waals surface area (Å²) < 4.78 is 5.73. The number of hydrogen-bond donors (Lipinski definition) is 0. The number of ether oxygens (including phenoxy) is 1. The Hall–Kier alpha value is -1.74. The fourth-order valence-corrected chi connectivity index (χ4v) is 10.9. The number of ketones is 1. The molecule has 4 saturated carbocycles. The van der Waals surface area contributed by atoms with Gasteiger partial charge in [-0.05, 0) is 110 Å². The molecular weight excluding hydrogens is 462 g/mol. The number of nitrogens with zero attached hydrogens (tertiary/aromatic N) is 1. The minimum atomic E-state index is -0.870. The van der Waals surface area contributed by atoms with Gasteiger partial charge in [-0.15, -0.1) is 0 Å². The second-order valence-corrected chi connectivity index (χ2v) is 14.9. The van der Waals surface area contributed by atoms with Crippen molar-refractivity contribution in [1.82, 2.24) is 0 Å². The van der Waals surface area contributed by atoms with Crippen molar-refractivity contribution in [1.29, 1.82) is 0 Å². The highest BCUT2D eigenvalue weighted by Crippen LogP contribution is 2.74. The summed E-state index contributed by atoms with van der Waals surface area (Å²) in [5, 5.41) is 0. The first-order valence-electron chi connectivity index (χ1n) is 14.7. The highest BCUT2D eigenvalue weighted by molar-refractivity contribution is 5.95. The van der Waals surface area contributed by atoms with Crippen molar-refractivity contribution in [2.75, 3.05) is 0 Å². The van der Waals surface area contributed by atoms with Crippen LogP contribution in [0.5, 0.6) is 0 Å². The third kappa shape index (κ3) is 3.41. The van der Waals surface area contributed by atoms with Crippen molar-refractivity contribution >= 4 is 17.8 Å². The van der Waals surface area contributed by atoms with E-state index in [1.165, 1.54) is 31.8 Å². The molecule has 0 heterocycles. The van der Waals surface area contributed by atoms with Crippen molar-refractivity contribution in [2.24, 2.45) is 56.2 Å². The summed E-state index contributed by atoms with van der Waals surface area (Å²) in [5.41, 5.74) is 0.348. The Morgan fingerprint density at radius 2 is 1.70 bits per heavy atom. The van der Waals surface area contributed by atoms with Crippen molar-refractivity contribution in [3.8, 4) is 0 Å². The van der Waals surface area contributed by atoms with Gasteiger partial charge in [-0.3, -0.25) is 9.59 Å². The lowest BCUT2D eigenvalue weighted by atomic mass is 9.33. The van der Waals surface area contributed by atoms with Crippen LogP contribution in [0, 0.1) is 51.2 Å². The molecule has 0 aliphatic heterocycles. The zero-order valence-electron chi connectivity index (χ0n) is 24.3. The van der Waals surface area contributed by atoms with E-state index in [4.69, 9.17) is 4.74 Å². The Balaban J connectivity index is 1.62. The number of allylic oxidation sites excluding steroid dienone is 2. The van der Waals surface area contributed by atoms with Crippen LogP contribution >= 0.6 is 0 Å². The lowest BCUT2D eigenvalue weighted by Crippen LogP contribution is -2.68. The Kier molecular flexibility index (Phi) is 6.08. The van der Waals surface area contributed by atoms with E-state index in [-0.39, 0.29) is 45.2 Å². The van der Waals surface area contributed by atoms with Gasteiger partial charge in [0, 0.05) is 12.8 Å². The first kappa shape index (κ1) is 26.9. The van der Waals surface area contributed by atoms with Crippen LogP contribution in [0.15, 0.2) is 16.6 Å². The molecule has 0 spiro atoms. The Morgan fingerprint density at radius 3 is 2.35 bits per heavy atom. The molecule has 5 rings (SSSR count). The lowest BCUT2D eigenvalue weighted by Gasteiger charge is -2.70. The summed E-state index contributed by atoms with van der Waals surface area (Å²) in [6.45, 7) is 17.8. The fraction of sp³-hybridized carbons (Fsp3) is 0.844. The van der Waals surface area contributed by atoms with Crippen molar-refractivity contribution in [2.45, 2.75) is 118 Å². The van der Waals surface area contributed by atoms with E-state index in [0.717, 1.165) is 25.7 Å². The maximum absolute atomic E-state index is 14.4. The summed E-state index contributed by atoms with van der Waals surface area (Å²) in [7, 11) is 0. The molecule has 3 unspecified atom stereocenters. The second kappa shape index (κ2) is 8.38. The molecule has 0 amide bonds. The van der Waals surface area contributed by atoms with E-state index in [1.54, 1.807) is 0 Å². The summed E-state index contributed by atoms with van der Waals surface area (Å²) in [4.78, 5) is 42.3. The van der Waals surface area contributed by atoms with Gasteiger partial charge in [0.15, 0.2) is 5.78 Å². The number of carbonyl (C=O) groups is 2. The maximum atomic E-state index is 14.4. The number of carbonyl (C=O) groups excluding carboxylic acids is 3. The minimum Gasteiger partial charge on any atom is -0.460 e. The summed E-state index contributed by atoms with van der Waals surface area (Å²) in [6.07, 6.45) is 11.5. The molecule has 0 bridgehead atoms. The second-order valence-electron chi connectivity index (χ2n) is 14.9. The molecule has 0 aromatic carbocycles. The minimum absolute atomic E-state index is 0.0217. The van der Waals surface area contributed by atoms with E-state index >= 15 is 0 Å². The van der Waals surface area contributed by atoms with Crippen molar-refractivity contribution < 1.29 is 19.1 Å². The molecule has 0 N–H and O–H groups in total. The highest BCUT2D eigenvalue weighted by atomic mass is 16.5. The third-order valence-corrected chi connectivity index (χ3v) is 13.3. The molecule has 5 heteroatoms. The number of aliphatic imine (C=N–C) groups is 1. The topological polar surface area (TPSA) is 72.8 Å². The van der Waals surface area contributed by atoms with Gasteiger partial charge in [0.2, 0.25) is 6.08 Å². The Bertz CT molecular complexity index is 1090. The van der Waals surface area contributed by atoms with E-state index < -0.39 is 11.6 Å². The number of isocyanates is 1. The zero-order chi connectivity index (χ0) is 27.2. The third-order valence-electron chi connectivity index (χ3n) is 13.3. The normalized spacial score (nSPS) is 52.9. The number of esters is 1. The van der Waals surface area contributed by atoms with Gasteiger partial charge in [-0.2, -0.15) is 4.99 Å². The number of fused-ring (bicyclic) bond motifs is 7. The first-order valence-corrected chi connectivity index (χ1v) is 14.7. The summed E-state index contributed by atoms with van der Waals surface area (Å²) in [5.74, 6) is 1.49.